The van der Waals surface area contributed by atoms with Crippen molar-refractivity contribution in [2.75, 3.05) is 13.2 Å². The summed E-state index contributed by atoms with van der Waals surface area (Å²) >= 11 is 5.92. The van der Waals surface area contributed by atoms with Crippen LogP contribution in [0.4, 0.5) is 4.79 Å². The normalized spacial score (nSPS) is 16.7. The third-order valence-corrected chi connectivity index (χ3v) is 4.31. The summed E-state index contributed by atoms with van der Waals surface area (Å²) in [6.07, 6.45) is -0.188. The molecule has 0 unspecified atom stereocenters. The third kappa shape index (κ3) is 5.43. The summed E-state index contributed by atoms with van der Waals surface area (Å²) in [6, 6.07) is 6.21. The first-order valence-electron chi connectivity index (χ1n) is 8.44. The summed E-state index contributed by atoms with van der Waals surface area (Å²) in [6.45, 7) is 4.39. The average Bonchev–Trinajstić information content (AvgIpc) is 2.78. The van der Waals surface area contributed by atoms with Crippen LogP contribution in [0.25, 0.3) is 0 Å². The monoisotopic (exact) mass is 395 g/mol. The molecule has 1 aliphatic rings. The molecule has 1 fully saturated rings. The Labute approximate surface area is 162 Å². The van der Waals surface area contributed by atoms with Gasteiger partial charge in [0.1, 0.15) is 5.54 Å². The van der Waals surface area contributed by atoms with Crippen LogP contribution >= 0.6 is 11.6 Å². The van der Waals surface area contributed by atoms with Crippen molar-refractivity contribution in [2.45, 2.75) is 38.8 Å². The van der Waals surface area contributed by atoms with E-state index in [9.17, 15) is 19.2 Å². The van der Waals surface area contributed by atoms with Gasteiger partial charge in [-0.25, -0.2) is 4.79 Å². The highest BCUT2D eigenvalue weighted by Crippen LogP contribution is 2.18. The molecule has 2 N–H and O–H groups in total. The highest BCUT2D eigenvalue weighted by Gasteiger charge is 2.44. The summed E-state index contributed by atoms with van der Waals surface area (Å²) in [5.74, 6) is -1.55. The fourth-order valence-electron chi connectivity index (χ4n) is 2.58. The SMILES string of the molecule is C[C@@H](NC(=O)COC(=O)CCN1C(=O)NC(C)(C)C1=O)c1cccc(Cl)c1. The van der Waals surface area contributed by atoms with Crippen LogP contribution in [0.15, 0.2) is 24.3 Å². The van der Waals surface area contributed by atoms with Gasteiger partial charge in [-0.2, -0.15) is 0 Å². The number of hydrogen-bond donors (Lipinski definition) is 2. The molecule has 4 amide bonds. The quantitative estimate of drug-likeness (QED) is 0.541. The number of carbonyl (C=O) groups excluding carboxylic acids is 4. The molecule has 1 heterocycles. The molecule has 0 aliphatic carbocycles. The van der Waals surface area contributed by atoms with Gasteiger partial charge in [-0.1, -0.05) is 23.7 Å². The van der Waals surface area contributed by atoms with Gasteiger partial charge < -0.3 is 15.4 Å². The number of rotatable bonds is 7. The number of nitrogens with zero attached hydrogens (tertiary/aromatic N) is 1. The van der Waals surface area contributed by atoms with Crippen molar-refractivity contribution >= 4 is 35.4 Å². The molecule has 0 aromatic heterocycles. The van der Waals surface area contributed by atoms with Crippen LogP contribution in [0, 0.1) is 0 Å². The van der Waals surface area contributed by atoms with Crippen molar-refractivity contribution in [3.8, 4) is 0 Å². The van der Waals surface area contributed by atoms with Gasteiger partial charge in [-0.15, -0.1) is 0 Å². The first kappa shape index (κ1) is 20.7. The zero-order valence-corrected chi connectivity index (χ0v) is 16.1. The van der Waals surface area contributed by atoms with Gasteiger partial charge >= 0.3 is 12.0 Å². The van der Waals surface area contributed by atoms with Gasteiger partial charge in [0.2, 0.25) is 0 Å². The van der Waals surface area contributed by atoms with Gasteiger partial charge in [0.15, 0.2) is 6.61 Å². The first-order valence-corrected chi connectivity index (χ1v) is 8.82. The Hall–Kier alpha value is -2.61. The number of amides is 4. The number of hydrogen-bond acceptors (Lipinski definition) is 5. The second kappa shape index (κ2) is 8.39. The van der Waals surface area contributed by atoms with Crippen molar-refractivity contribution in [2.24, 2.45) is 0 Å². The molecule has 0 radical (unpaired) electrons. The topological polar surface area (TPSA) is 105 Å². The molecule has 1 aliphatic heterocycles. The number of halogens is 1. The van der Waals surface area contributed by atoms with Crippen LogP contribution in [0.1, 0.15) is 38.8 Å². The van der Waals surface area contributed by atoms with Gasteiger partial charge in [0, 0.05) is 11.6 Å². The minimum Gasteiger partial charge on any atom is -0.456 e. The highest BCUT2D eigenvalue weighted by atomic mass is 35.5. The van der Waals surface area contributed by atoms with E-state index in [4.69, 9.17) is 16.3 Å². The maximum Gasteiger partial charge on any atom is 0.325 e. The minimum atomic E-state index is -0.989. The molecule has 1 atom stereocenters. The molecule has 2 rings (SSSR count). The molecule has 0 saturated carbocycles. The van der Waals surface area contributed by atoms with Crippen LogP contribution in [0.3, 0.4) is 0 Å². The predicted molar refractivity (Wildman–Crippen MR) is 97.9 cm³/mol. The molecule has 0 bridgehead atoms. The van der Waals surface area contributed by atoms with Crippen LogP contribution in [-0.2, 0) is 19.1 Å². The van der Waals surface area contributed by atoms with Crippen LogP contribution in [-0.4, -0.2) is 47.4 Å². The first-order chi connectivity index (χ1) is 12.6. The number of nitrogens with one attached hydrogen (secondary N) is 2. The fourth-order valence-corrected chi connectivity index (χ4v) is 2.78. The number of urea groups is 1. The Bertz CT molecular complexity index is 765. The highest BCUT2D eigenvalue weighted by molar-refractivity contribution is 6.30. The fraction of sp³-hybridized carbons (Fsp3) is 0.444. The van der Waals surface area contributed by atoms with Crippen molar-refractivity contribution in [1.82, 2.24) is 15.5 Å². The van der Waals surface area contributed by atoms with E-state index in [0.717, 1.165) is 10.5 Å². The molecule has 27 heavy (non-hydrogen) atoms. The molecule has 146 valence electrons. The summed E-state index contributed by atoms with van der Waals surface area (Å²) < 4.78 is 4.90. The van der Waals surface area contributed by atoms with E-state index in [-0.39, 0.29) is 19.0 Å². The Morgan fingerprint density at radius 3 is 2.63 bits per heavy atom. The predicted octanol–water partition coefficient (Wildman–Crippen LogP) is 1.78. The van der Waals surface area contributed by atoms with Crippen LogP contribution < -0.4 is 10.6 Å². The standard InChI is InChI=1S/C18H22ClN3O5/c1-11(12-5-4-6-13(19)9-12)20-14(23)10-27-15(24)7-8-22-16(25)18(2,3)21-17(22)26/h4-6,9,11H,7-8,10H2,1-3H3,(H,20,23)(H,21,26)/t11-/m1/s1. The van der Waals surface area contributed by atoms with Crippen molar-refractivity contribution in [1.29, 1.82) is 0 Å². The lowest BCUT2D eigenvalue weighted by atomic mass is 10.1. The number of benzene rings is 1. The van der Waals surface area contributed by atoms with Gasteiger partial charge in [-0.3, -0.25) is 19.3 Å². The summed E-state index contributed by atoms with van der Waals surface area (Å²) in [7, 11) is 0. The Kier molecular flexibility index (Phi) is 6.43. The molecule has 1 aromatic rings. The summed E-state index contributed by atoms with van der Waals surface area (Å²) in [4.78, 5) is 48.4. The Morgan fingerprint density at radius 1 is 1.33 bits per heavy atom. The van der Waals surface area contributed by atoms with Crippen molar-refractivity contribution in [3.63, 3.8) is 0 Å². The minimum absolute atomic E-state index is 0.104. The van der Waals surface area contributed by atoms with Gasteiger partial charge in [-0.05, 0) is 38.5 Å². The van der Waals surface area contributed by atoms with E-state index < -0.39 is 36.0 Å². The van der Waals surface area contributed by atoms with E-state index in [1.54, 1.807) is 39.0 Å². The van der Waals surface area contributed by atoms with Crippen molar-refractivity contribution in [3.05, 3.63) is 34.9 Å². The van der Waals surface area contributed by atoms with E-state index >= 15 is 0 Å². The second-order valence-corrected chi connectivity index (χ2v) is 7.20. The van der Waals surface area contributed by atoms with E-state index in [0.29, 0.717) is 5.02 Å². The molecule has 8 nitrogen and oxygen atoms in total. The largest absolute Gasteiger partial charge is 0.456 e. The smallest absolute Gasteiger partial charge is 0.325 e. The number of ether oxygens (including phenoxy) is 1. The molecule has 0 spiro atoms. The number of esters is 1. The van der Waals surface area contributed by atoms with E-state index in [1.807, 2.05) is 6.07 Å². The lowest BCUT2D eigenvalue weighted by Gasteiger charge is -2.16. The molecule has 1 saturated heterocycles. The zero-order valence-electron chi connectivity index (χ0n) is 15.4. The maximum atomic E-state index is 12.0. The van der Waals surface area contributed by atoms with E-state index in [2.05, 4.69) is 10.6 Å². The van der Waals surface area contributed by atoms with Crippen molar-refractivity contribution < 1.29 is 23.9 Å². The Morgan fingerprint density at radius 2 is 2.04 bits per heavy atom. The lowest BCUT2D eigenvalue weighted by molar-refractivity contribution is -0.149. The molecule has 1 aromatic carbocycles. The number of carbonyl (C=O) groups is 4. The second-order valence-electron chi connectivity index (χ2n) is 6.77. The van der Waals surface area contributed by atoms with E-state index in [1.165, 1.54) is 0 Å². The zero-order chi connectivity index (χ0) is 20.2. The molecule has 9 heteroatoms. The number of imide groups is 1. The molecular weight excluding hydrogens is 374 g/mol. The van der Waals surface area contributed by atoms with Crippen LogP contribution in [0.2, 0.25) is 5.02 Å². The third-order valence-electron chi connectivity index (χ3n) is 4.07. The van der Waals surface area contributed by atoms with Gasteiger partial charge in [0.05, 0.1) is 12.5 Å². The summed E-state index contributed by atoms with van der Waals surface area (Å²) in [5, 5.41) is 5.78. The Balaban J connectivity index is 1.74. The van der Waals surface area contributed by atoms with Gasteiger partial charge in [0.25, 0.3) is 11.8 Å². The summed E-state index contributed by atoms with van der Waals surface area (Å²) in [5.41, 5.74) is -0.166. The average molecular weight is 396 g/mol. The molecular formula is C18H22ClN3O5. The maximum absolute atomic E-state index is 12.0. The van der Waals surface area contributed by atoms with Crippen LogP contribution in [0.5, 0.6) is 0 Å². The lowest BCUT2D eigenvalue weighted by Crippen LogP contribution is -2.40.